The van der Waals surface area contributed by atoms with E-state index in [1.54, 1.807) is 29.2 Å². The first-order valence-corrected chi connectivity index (χ1v) is 9.44. The lowest BCUT2D eigenvalue weighted by atomic mass is 10.2. The molecule has 0 saturated heterocycles. The standard InChI is InChI=1S/C21H19N7O2/c1-2-17-13-19(26-20(25-17)15-6-8-18(9-7-15)28(29)30)23-14-16-5-3-10-22-21(16)27-12-4-11-24-27/h3-13H,2,14H2,1H3,(H,23,25,26). The zero-order valence-corrected chi connectivity index (χ0v) is 16.3. The van der Waals surface area contributed by atoms with Gasteiger partial charge in [0.2, 0.25) is 0 Å². The number of aromatic nitrogens is 5. The predicted molar refractivity (Wildman–Crippen MR) is 112 cm³/mol. The summed E-state index contributed by atoms with van der Waals surface area (Å²) in [6.45, 7) is 2.52. The first kappa shape index (κ1) is 19.2. The van der Waals surface area contributed by atoms with E-state index in [1.165, 1.54) is 12.1 Å². The van der Waals surface area contributed by atoms with Crippen LogP contribution in [-0.2, 0) is 13.0 Å². The van der Waals surface area contributed by atoms with Gasteiger partial charge < -0.3 is 5.32 Å². The van der Waals surface area contributed by atoms with Crippen LogP contribution in [0.3, 0.4) is 0 Å². The van der Waals surface area contributed by atoms with Gasteiger partial charge in [0.1, 0.15) is 5.82 Å². The SMILES string of the molecule is CCc1cc(NCc2cccnc2-n2cccn2)nc(-c2ccc([N+](=O)[O-])cc2)n1. The monoisotopic (exact) mass is 401 g/mol. The highest BCUT2D eigenvalue weighted by atomic mass is 16.6. The number of nitro benzene ring substituents is 1. The summed E-state index contributed by atoms with van der Waals surface area (Å²) in [4.78, 5) is 24.1. The van der Waals surface area contributed by atoms with Crippen molar-refractivity contribution < 1.29 is 4.92 Å². The van der Waals surface area contributed by atoms with Crippen molar-refractivity contribution in [3.8, 4) is 17.2 Å². The van der Waals surface area contributed by atoms with Crippen molar-refractivity contribution in [3.63, 3.8) is 0 Å². The molecule has 0 unspecified atom stereocenters. The molecule has 0 saturated carbocycles. The summed E-state index contributed by atoms with van der Waals surface area (Å²) in [5.41, 5.74) is 2.60. The molecule has 0 fully saturated rings. The maximum atomic E-state index is 10.9. The lowest BCUT2D eigenvalue weighted by Gasteiger charge is -2.12. The number of non-ortho nitro benzene ring substituents is 1. The number of benzene rings is 1. The Morgan fingerprint density at radius 3 is 2.63 bits per heavy atom. The molecule has 0 aliphatic heterocycles. The van der Waals surface area contributed by atoms with Gasteiger partial charge in [-0.25, -0.2) is 19.6 Å². The molecule has 9 nitrogen and oxygen atoms in total. The molecule has 9 heteroatoms. The van der Waals surface area contributed by atoms with Crippen LogP contribution in [0.2, 0.25) is 0 Å². The Balaban J connectivity index is 1.60. The van der Waals surface area contributed by atoms with Crippen LogP contribution >= 0.6 is 0 Å². The third kappa shape index (κ3) is 4.14. The minimum absolute atomic E-state index is 0.0338. The second-order valence-corrected chi connectivity index (χ2v) is 6.52. The van der Waals surface area contributed by atoms with Crippen molar-refractivity contribution >= 4 is 11.5 Å². The van der Waals surface area contributed by atoms with Crippen molar-refractivity contribution in [2.24, 2.45) is 0 Å². The lowest BCUT2D eigenvalue weighted by Crippen LogP contribution is -2.09. The van der Waals surface area contributed by atoms with Gasteiger partial charge >= 0.3 is 0 Å². The number of hydrogen-bond donors (Lipinski definition) is 1. The quantitative estimate of drug-likeness (QED) is 0.370. The molecule has 0 amide bonds. The Labute approximate surface area is 172 Å². The third-order valence-corrected chi connectivity index (χ3v) is 4.53. The van der Waals surface area contributed by atoms with Crippen LogP contribution in [0.15, 0.2) is 67.1 Å². The Morgan fingerprint density at radius 2 is 1.93 bits per heavy atom. The zero-order chi connectivity index (χ0) is 20.9. The fraction of sp³-hybridized carbons (Fsp3) is 0.143. The van der Waals surface area contributed by atoms with Crippen molar-refractivity contribution in [2.45, 2.75) is 19.9 Å². The van der Waals surface area contributed by atoms with Gasteiger partial charge in [-0.1, -0.05) is 13.0 Å². The molecule has 1 N–H and O–H groups in total. The molecule has 3 aromatic heterocycles. The number of nitrogens with one attached hydrogen (secondary N) is 1. The third-order valence-electron chi connectivity index (χ3n) is 4.53. The van der Waals surface area contributed by atoms with Gasteiger partial charge in [0, 0.05) is 60.2 Å². The Bertz CT molecular complexity index is 1160. The number of nitrogens with zero attached hydrogens (tertiary/aromatic N) is 6. The van der Waals surface area contributed by atoms with Crippen LogP contribution in [0.5, 0.6) is 0 Å². The molecular weight excluding hydrogens is 382 g/mol. The van der Waals surface area contributed by atoms with Gasteiger partial charge in [0.05, 0.1) is 4.92 Å². The van der Waals surface area contributed by atoms with E-state index in [1.807, 2.05) is 37.4 Å². The Morgan fingerprint density at radius 1 is 1.10 bits per heavy atom. The molecule has 0 radical (unpaired) electrons. The minimum atomic E-state index is -0.425. The van der Waals surface area contributed by atoms with E-state index in [0.29, 0.717) is 18.2 Å². The fourth-order valence-electron chi connectivity index (χ4n) is 2.98. The van der Waals surface area contributed by atoms with E-state index in [0.717, 1.165) is 29.1 Å². The lowest BCUT2D eigenvalue weighted by molar-refractivity contribution is -0.384. The summed E-state index contributed by atoms with van der Waals surface area (Å²) in [6, 6.07) is 13.8. The molecule has 30 heavy (non-hydrogen) atoms. The second-order valence-electron chi connectivity index (χ2n) is 6.52. The van der Waals surface area contributed by atoms with E-state index >= 15 is 0 Å². The highest BCUT2D eigenvalue weighted by Crippen LogP contribution is 2.22. The van der Waals surface area contributed by atoms with Gasteiger partial charge in [-0.2, -0.15) is 5.10 Å². The van der Waals surface area contributed by atoms with Crippen LogP contribution in [-0.4, -0.2) is 29.7 Å². The van der Waals surface area contributed by atoms with E-state index in [9.17, 15) is 10.1 Å². The maximum Gasteiger partial charge on any atom is 0.269 e. The molecule has 4 aromatic rings. The highest BCUT2D eigenvalue weighted by Gasteiger charge is 2.11. The Hall–Kier alpha value is -4.14. The maximum absolute atomic E-state index is 10.9. The molecule has 0 aliphatic carbocycles. The zero-order valence-electron chi connectivity index (χ0n) is 16.3. The molecule has 0 bridgehead atoms. The summed E-state index contributed by atoms with van der Waals surface area (Å²) in [7, 11) is 0. The number of pyridine rings is 1. The number of anilines is 1. The van der Waals surface area contributed by atoms with Gasteiger partial charge in [-0.15, -0.1) is 0 Å². The van der Waals surface area contributed by atoms with Crippen molar-refractivity contribution in [3.05, 3.63) is 88.5 Å². The average Bonchev–Trinajstić information content (AvgIpc) is 3.32. The second kappa shape index (κ2) is 8.48. The largest absolute Gasteiger partial charge is 0.366 e. The number of aryl methyl sites for hydroxylation is 1. The summed E-state index contributed by atoms with van der Waals surface area (Å²) in [5.74, 6) is 1.94. The van der Waals surface area contributed by atoms with Crippen LogP contribution in [0.25, 0.3) is 17.2 Å². The molecule has 150 valence electrons. The first-order valence-electron chi connectivity index (χ1n) is 9.44. The van der Waals surface area contributed by atoms with Crippen molar-refractivity contribution in [2.75, 3.05) is 5.32 Å². The topological polar surface area (TPSA) is 112 Å². The van der Waals surface area contributed by atoms with Crippen molar-refractivity contribution in [1.29, 1.82) is 0 Å². The first-order chi connectivity index (χ1) is 14.6. The van der Waals surface area contributed by atoms with E-state index in [2.05, 4.69) is 25.4 Å². The van der Waals surface area contributed by atoms with Crippen LogP contribution < -0.4 is 5.32 Å². The normalized spacial score (nSPS) is 10.7. The van der Waals surface area contributed by atoms with Crippen LogP contribution in [0, 0.1) is 10.1 Å². The summed E-state index contributed by atoms with van der Waals surface area (Å²) in [5, 5.41) is 18.5. The smallest absolute Gasteiger partial charge is 0.269 e. The number of hydrogen-bond acceptors (Lipinski definition) is 7. The molecule has 0 aliphatic rings. The highest BCUT2D eigenvalue weighted by molar-refractivity contribution is 5.59. The fourth-order valence-corrected chi connectivity index (χ4v) is 2.98. The molecule has 3 heterocycles. The van der Waals surface area contributed by atoms with Crippen LogP contribution in [0.1, 0.15) is 18.2 Å². The molecule has 0 atom stereocenters. The molecule has 4 rings (SSSR count). The van der Waals surface area contributed by atoms with Crippen LogP contribution in [0.4, 0.5) is 11.5 Å². The van der Waals surface area contributed by atoms with E-state index in [4.69, 9.17) is 0 Å². The molecular formula is C21H19N7O2. The molecule has 1 aromatic carbocycles. The van der Waals surface area contributed by atoms with E-state index in [-0.39, 0.29) is 5.69 Å². The summed E-state index contributed by atoms with van der Waals surface area (Å²) in [6.07, 6.45) is 6.02. The van der Waals surface area contributed by atoms with Gasteiger partial charge in [0.25, 0.3) is 5.69 Å². The van der Waals surface area contributed by atoms with Gasteiger partial charge in [0.15, 0.2) is 11.6 Å². The number of rotatable bonds is 7. The minimum Gasteiger partial charge on any atom is -0.366 e. The van der Waals surface area contributed by atoms with Crippen molar-refractivity contribution in [1.82, 2.24) is 24.7 Å². The predicted octanol–water partition coefficient (Wildman–Crippen LogP) is 3.81. The number of nitro groups is 1. The summed E-state index contributed by atoms with van der Waals surface area (Å²) >= 11 is 0. The Kier molecular flexibility index (Phi) is 5.42. The molecule has 0 spiro atoms. The van der Waals surface area contributed by atoms with Gasteiger partial charge in [-0.3, -0.25) is 10.1 Å². The van der Waals surface area contributed by atoms with Gasteiger partial charge in [-0.05, 0) is 30.7 Å². The van der Waals surface area contributed by atoms with E-state index < -0.39 is 4.92 Å². The summed E-state index contributed by atoms with van der Waals surface area (Å²) < 4.78 is 1.72. The average molecular weight is 401 g/mol.